The predicted octanol–water partition coefficient (Wildman–Crippen LogP) is 1.84. The number of nitrogens with one attached hydrogen (secondary N) is 1. The highest BCUT2D eigenvalue weighted by molar-refractivity contribution is 5.79. The summed E-state index contributed by atoms with van der Waals surface area (Å²) < 4.78 is 10.9. The van der Waals surface area contributed by atoms with E-state index >= 15 is 0 Å². The Hall–Kier alpha value is -1.39. The maximum atomic E-state index is 12.3. The van der Waals surface area contributed by atoms with Crippen LogP contribution in [-0.2, 0) is 20.8 Å². The molecule has 2 heterocycles. The summed E-state index contributed by atoms with van der Waals surface area (Å²) in [6.45, 7) is 3.61. The van der Waals surface area contributed by atoms with Gasteiger partial charge in [0.1, 0.15) is 0 Å². The molecule has 1 atom stereocenters. The summed E-state index contributed by atoms with van der Waals surface area (Å²) >= 11 is 0. The van der Waals surface area contributed by atoms with Gasteiger partial charge in [0, 0.05) is 26.3 Å². The highest BCUT2D eigenvalue weighted by atomic mass is 16.5. The average Bonchev–Trinajstić information content (AvgIpc) is 2.53. The van der Waals surface area contributed by atoms with E-state index in [1.807, 2.05) is 18.2 Å². The number of rotatable bonds is 3. The molecule has 0 aromatic heterocycles. The van der Waals surface area contributed by atoms with Crippen LogP contribution in [0.3, 0.4) is 0 Å². The summed E-state index contributed by atoms with van der Waals surface area (Å²) in [4.78, 5) is 12.3. The zero-order chi connectivity index (χ0) is 13.8. The smallest absolute Gasteiger partial charge is 0.314 e. The third-order valence-electron chi connectivity index (χ3n) is 4.18. The molecule has 2 aliphatic rings. The van der Waals surface area contributed by atoms with Crippen molar-refractivity contribution in [2.45, 2.75) is 25.3 Å². The molecule has 1 N–H and O–H groups in total. The Morgan fingerprint density at radius 1 is 1.30 bits per heavy atom. The van der Waals surface area contributed by atoms with Crippen molar-refractivity contribution in [1.29, 1.82) is 0 Å². The summed E-state index contributed by atoms with van der Waals surface area (Å²) in [6, 6.07) is 8.11. The molecule has 1 saturated heterocycles. The minimum absolute atomic E-state index is 0.101. The fourth-order valence-corrected chi connectivity index (χ4v) is 2.92. The Morgan fingerprint density at radius 3 is 2.95 bits per heavy atom. The number of ether oxygens (including phenoxy) is 2. The molecule has 20 heavy (non-hydrogen) atoms. The molecule has 108 valence electrons. The zero-order valence-electron chi connectivity index (χ0n) is 11.6. The number of carbonyl (C=O) groups is 1. The lowest BCUT2D eigenvalue weighted by Crippen LogP contribution is -2.34. The quantitative estimate of drug-likeness (QED) is 0.855. The minimum Gasteiger partial charge on any atom is -0.465 e. The van der Waals surface area contributed by atoms with Crippen LogP contribution in [0.25, 0.3) is 0 Å². The van der Waals surface area contributed by atoms with Gasteiger partial charge < -0.3 is 14.8 Å². The Bertz CT molecular complexity index is 469. The number of hydrogen-bond donors (Lipinski definition) is 1. The number of carbonyl (C=O) groups excluding carboxylic acids is 1. The molecule has 0 radical (unpaired) electrons. The van der Waals surface area contributed by atoms with Crippen LogP contribution < -0.4 is 5.32 Å². The molecule has 0 saturated carbocycles. The molecule has 1 unspecified atom stereocenters. The molecular weight excluding hydrogens is 254 g/mol. The first-order valence-corrected chi connectivity index (χ1v) is 7.37. The van der Waals surface area contributed by atoms with Crippen LogP contribution in [0.15, 0.2) is 24.3 Å². The van der Waals surface area contributed by atoms with Gasteiger partial charge in [0.25, 0.3) is 0 Å². The second-order valence-electron chi connectivity index (χ2n) is 5.57. The van der Waals surface area contributed by atoms with Crippen LogP contribution in [-0.4, -0.2) is 32.3 Å². The standard InChI is InChI=1S/C16H21NO3/c18-16(20-11-12-5-7-19-8-6-12)15-10-17-9-13-3-1-2-4-14(13)15/h1-4,12,15,17H,5-11H2. The van der Waals surface area contributed by atoms with Gasteiger partial charge in [-0.25, -0.2) is 0 Å². The largest absolute Gasteiger partial charge is 0.465 e. The molecule has 0 spiro atoms. The van der Waals surface area contributed by atoms with E-state index < -0.39 is 0 Å². The molecule has 0 amide bonds. The van der Waals surface area contributed by atoms with Crippen LogP contribution in [0.5, 0.6) is 0 Å². The highest BCUT2D eigenvalue weighted by Gasteiger charge is 2.28. The second-order valence-corrected chi connectivity index (χ2v) is 5.57. The predicted molar refractivity (Wildman–Crippen MR) is 75.4 cm³/mol. The molecule has 4 heteroatoms. The summed E-state index contributed by atoms with van der Waals surface area (Å²) in [5.41, 5.74) is 2.31. The SMILES string of the molecule is O=C(OCC1CCOCC1)C1CNCc2ccccc21. The maximum Gasteiger partial charge on any atom is 0.314 e. The minimum atomic E-state index is -0.167. The van der Waals surface area contributed by atoms with Gasteiger partial charge in [0.2, 0.25) is 0 Å². The van der Waals surface area contributed by atoms with Crippen molar-refractivity contribution in [1.82, 2.24) is 5.32 Å². The second kappa shape index (κ2) is 6.37. The normalized spacial score (nSPS) is 23.1. The van der Waals surface area contributed by atoms with E-state index in [4.69, 9.17) is 9.47 Å². The van der Waals surface area contributed by atoms with Crippen molar-refractivity contribution >= 4 is 5.97 Å². The van der Waals surface area contributed by atoms with Crippen LogP contribution in [0.1, 0.15) is 29.9 Å². The van der Waals surface area contributed by atoms with Crippen molar-refractivity contribution in [3.63, 3.8) is 0 Å². The average molecular weight is 275 g/mol. The Morgan fingerprint density at radius 2 is 2.10 bits per heavy atom. The number of fused-ring (bicyclic) bond motifs is 1. The molecule has 2 aliphatic heterocycles. The van der Waals surface area contributed by atoms with Crippen LogP contribution in [0.2, 0.25) is 0 Å². The lowest BCUT2D eigenvalue weighted by molar-refractivity contribution is -0.147. The van der Waals surface area contributed by atoms with Crippen LogP contribution in [0, 0.1) is 5.92 Å². The molecule has 3 rings (SSSR count). The topological polar surface area (TPSA) is 47.6 Å². The van der Waals surface area contributed by atoms with Crippen molar-refractivity contribution in [2.75, 3.05) is 26.4 Å². The lowest BCUT2D eigenvalue weighted by Gasteiger charge is -2.26. The van der Waals surface area contributed by atoms with Gasteiger partial charge in [-0.2, -0.15) is 0 Å². The van der Waals surface area contributed by atoms with E-state index in [0.29, 0.717) is 19.1 Å². The maximum absolute atomic E-state index is 12.3. The first-order chi connectivity index (χ1) is 9.84. The van der Waals surface area contributed by atoms with Gasteiger partial charge in [0.15, 0.2) is 0 Å². The van der Waals surface area contributed by atoms with Gasteiger partial charge in [-0.15, -0.1) is 0 Å². The van der Waals surface area contributed by atoms with Gasteiger partial charge in [-0.3, -0.25) is 4.79 Å². The van der Waals surface area contributed by atoms with Crippen LogP contribution in [0.4, 0.5) is 0 Å². The van der Waals surface area contributed by atoms with Crippen molar-refractivity contribution in [3.05, 3.63) is 35.4 Å². The van der Waals surface area contributed by atoms with Gasteiger partial charge in [-0.1, -0.05) is 24.3 Å². The number of hydrogen-bond acceptors (Lipinski definition) is 4. The first kappa shape index (κ1) is 13.6. The molecule has 1 fully saturated rings. The van der Waals surface area contributed by atoms with Crippen molar-refractivity contribution in [2.24, 2.45) is 5.92 Å². The molecule has 1 aromatic rings. The van der Waals surface area contributed by atoms with Crippen molar-refractivity contribution in [3.8, 4) is 0 Å². The summed E-state index contributed by atoms with van der Waals surface area (Å²) in [7, 11) is 0. The Balaban J connectivity index is 1.60. The van der Waals surface area contributed by atoms with Crippen LogP contribution >= 0.6 is 0 Å². The van der Waals surface area contributed by atoms with E-state index in [1.165, 1.54) is 5.56 Å². The third-order valence-corrected chi connectivity index (χ3v) is 4.18. The summed E-state index contributed by atoms with van der Waals surface area (Å²) in [5.74, 6) is 0.190. The number of esters is 1. The lowest BCUT2D eigenvalue weighted by atomic mass is 9.91. The molecule has 0 bridgehead atoms. The highest BCUT2D eigenvalue weighted by Crippen LogP contribution is 2.25. The molecule has 1 aromatic carbocycles. The van der Waals surface area contributed by atoms with Gasteiger partial charge in [0.05, 0.1) is 12.5 Å². The fourth-order valence-electron chi connectivity index (χ4n) is 2.92. The Labute approximate surface area is 119 Å². The monoisotopic (exact) mass is 275 g/mol. The van der Waals surface area contributed by atoms with Gasteiger partial charge >= 0.3 is 5.97 Å². The van der Waals surface area contributed by atoms with E-state index in [9.17, 15) is 4.79 Å². The van der Waals surface area contributed by atoms with E-state index in [0.717, 1.165) is 38.2 Å². The summed E-state index contributed by atoms with van der Waals surface area (Å²) in [6.07, 6.45) is 1.99. The van der Waals surface area contributed by atoms with E-state index in [-0.39, 0.29) is 11.9 Å². The van der Waals surface area contributed by atoms with E-state index in [2.05, 4.69) is 11.4 Å². The molecular formula is C16H21NO3. The third kappa shape index (κ3) is 3.02. The first-order valence-electron chi connectivity index (χ1n) is 7.37. The molecule has 0 aliphatic carbocycles. The zero-order valence-corrected chi connectivity index (χ0v) is 11.6. The van der Waals surface area contributed by atoms with Gasteiger partial charge in [-0.05, 0) is 29.9 Å². The summed E-state index contributed by atoms with van der Waals surface area (Å²) in [5, 5.41) is 3.29. The van der Waals surface area contributed by atoms with E-state index in [1.54, 1.807) is 0 Å². The van der Waals surface area contributed by atoms with Crippen molar-refractivity contribution < 1.29 is 14.3 Å². The fraction of sp³-hybridized carbons (Fsp3) is 0.562. The number of benzene rings is 1. The Kier molecular flexibility index (Phi) is 4.33. The molecule has 4 nitrogen and oxygen atoms in total.